The predicted octanol–water partition coefficient (Wildman–Crippen LogP) is 3.17. The number of hydrogen-bond acceptors (Lipinski definition) is 6. The second kappa shape index (κ2) is 6.81. The average molecular weight is 385 g/mol. The fourth-order valence-corrected chi connectivity index (χ4v) is 4.88. The van der Waals surface area contributed by atoms with Gasteiger partial charge in [-0.05, 0) is 60.8 Å². The molecule has 1 aromatic heterocycles. The van der Waals surface area contributed by atoms with Gasteiger partial charge in [0.2, 0.25) is 5.03 Å². The standard InChI is InChI=1S/C18H19N5O3S/c19-10-15-17(21-8-7-20-15)27(25,26)23-18(24)22-16-13-5-1-3-11(13)9-12-4-2-6-14(12)16/h7-9,25-26H,1-6H2,(H2,22,23,24). The molecule has 1 heterocycles. The van der Waals surface area contributed by atoms with Crippen molar-refractivity contribution in [3.63, 3.8) is 0 Å². The van der Waals surface area contributed by atoms with E-state index >= 15 is 0 Å². The highest BCUT2D eigenvalue weighted by molar-refractivity contribution is 8.23. The molecule has 2 aliphatic carbocycles. The number of hydrogen-bond donors (Lipinski definition) is 4. The Kier molecular flexibility index (Phi) is 4.47. The van der Waals surface area contributed by atoms with Crippen LogP contribution in [0.25, 0.3) is 0 Å². The summed E-state index contributed by atoms with van der Waals surface area (Å²) in [4.78, 5) is 20.1. The zero-order valence-electron chi connectivity index (χ0n) is 14.5. The maximum Gasteiger partial charge on any atom is 0.337 e. The number of anilines is 1. The number of rotatable bonds is 3. The zero-order chi connectivity index (χ0) is 19.0. The molecule has 0 fully saturated rings. The minimum Gasteiger partial charge on any atom is -0.306 e. The lowest BCUT2D eigenvalue weighted by Crippen LogP contribution is -2.33. The Balaban J connectivity index is 1.60. The van der Waals surface area contributed by atoms with Crippen LogP contribution in [0.2, 0.25) is 0 Å². The van der Waals surface area contributed by atoms with E-state index in [9.17, 15) is 13.9 Å². The minimum absolute atomic E-state index is 0.237. The van der Waals surface area contributed by atoms with Gasteiger partial charge in [-0.2, -0.15) is 5.26 Å². The first kappa shape index (κ1) is 17.7. The van der Waals surface area contributed by atoms with Crippen LogP contribution in [0.4, 0.5) is 10.5 Å². The van der Waals surface area contributed by atoms with Gasteiger partial charge in [0.25, 0.3) is 0 Å². The van der Waals surface area contributed by atoms with Crippen LogP contribution in [0.15, 0.2) is 23.5 Å². The molecule has 0 spiro atoms. The van der Waals surface area contributed by atoms with Crippen LogP contribution in [-0.4, -0.2) is 25.1 Å². The third-order valence-corrected chi connectivity index (χ3v) is 6.29. The van der Waals surface area contributed by atoms with Gasteiger partial charge >= 0.3 is 6.03 Å². The quantitative estimate of drug-likeness (QED) is 0.642. The Labute approximate surface area is 158 Å². The van der Waals surface area contributed by atoms with Gasteiger partial charge in [0.1, 0.15) is 6.07 Å². The van der Waals surface area contributed by atoms with Crippen LogP contribution in [0, 0.1) is 11.3 Å². The monoisotopic (exact) mass is 385 g/mol. The third-order valence-electron chi connectivity index (χ3n) is 4.99. The largest absolute Gasteiger partial charge is 0.337 e. The molecule has 0 atom stereocenters. The van der Waals surface area contributed by atoms with Crippen LogP contribution in [-0.2, 0) is 25.7 Å². The van der Waals surface area contributed by atoms with Gasteiger partial charge in [0, 0.05) is 18.1 Å². The van der Waals surface area contributed by atoms with E-state index in [1.165, 1.54) is 23.5 Å². The third kappa shape index (κ3) is 3.23. The summed E-state index contributed by atoms with van der Waals surface area (Å²) in [5.41, 5.74) is 5.36. The molecule has 27 heavy (non-hydrogen) atoms. The molecule has 0 unspecified atom stereocenters. The molecule has 140 valence electrons. The lowest BCUT2D eigenvalue weighted by Gasteiger charge is -2.31. The molecule has 2 amide bonds. The van der Waals surface area contributed by atoms with E-state index in [0.717, 1.165) is 55.3 Å². The normalized spacial score (nSPS) is 15.6. The highest BCUT2D eigenvalue weighted by Crippen LogP contribution is 2.44. The number of fused-ring (bicyclic) bond motifs is 2. The Bertz CT molecular complexity index is 938. The van der Waals surface area contributed by atoms with Crippen LogP contribution in [0.3, 0.4) is 0 Å². The van der Waals surface area contributed by atoms with Gasteiger partial charge < -0.3 is 5.32 Å². The molecule has 2 aliphatic rings. The number of amides is 2. The maximum absolute atomic E-state index is 12.5. The van der Waals surface area contributed by atoms with Gasteiger partial charge in [0.15, 0.2) is 5.69 Å². The number of nitrogens with one attached hydrogen (secondary N) is 2. The predicted molar refractivity (Wildman–Crippen MR) is 101 cm³/mol. The number of benzene rings is 1. The number of carbonyl (C=O) groups excluding carboxylic acids is 1. The summed E-state index contributed by atoms with van der Waals surface area (Å²) in [6, 6.07) is 3.26. The summed E-state index contributed by atoms with van der Waals surface area (Å²) in [7, 11) is -3.81. The summed E-state index contributed by atoms with van der Waals surface area (Å²) < 4.78 is 22.9. The molecule has 0 bridgehead atoms. The van der Waals surface area contributed by atoms with Crippen molar-refractivity contribution in [2.45, 2.75) is 43.6 Å². The molecular weight excluding hydrogens is 366 g/mol. The fourth-order valence-electron chi connectivity index (χ4n) is 3.89. The molecular formula is C18H19N5O3S. The highest BCUT2D eigenvalue weighted by Gasteiger charge is 2.28. The van der Waals surface area contributed by atoms with E-state index in [0.29, 0.717) is 0 Å². The molecule has 0 saturated carbocycles. The molecule has 4 rings (SSSR count). The van der Waals surface area contributed by atoms with Crippen molar-refractivity contribution in [1.29, 1.82) is 5.26 Å². The first-order valence-corrected chi connectivity index (χ1v) is 10.3. The molecule has 8 nitrogen and oxygen atoms in total. The molecule has 1 aromatic carbocycles. The lowest BCUT2D eigenvalue weighted by atomic mass is 9.99. The van der Waals surface area contributed by atoms with E-state index in [1.807, 2.05) is 0 Å². The molecule has 4 N–H and O–H groups in total. The van der Waals surface area contributed by atoms with Crippen LogP contribution < -0.4 is 10.0 Å². The van der Waals surface area contributed by atoms with Gasteiger partial charge in [-0.25, -0.2) is 19.5 Å². The Morgan fingerprint density at radius 1 is 1.07 bits per heavy atom. The van der Waals surface area contributed by atoms with Gasteiger partial charge in [0.05, 0.1) is 0 Å². The van der Waals surface area contributed by atoms with E-state index in [2.05, 4.69) is 26.1 Å². The van der Waals surface area contributed by atoms with Crippen molar-refractivity contribution >= 4 is 22.5 Å². The first-order chi connectivity index (χ1) is 13.0. The number of nitriles is 1. The van der Waals surface area contributed by atoms with Crippen LogP contribution in [0.5, 0.6) is 0 Å². The fraction of sp³-hybridized carbons (Fsp3) is 0.333. The molecule has 0 radical (unpaired) electrons. The SMILES string of the molecule is N#Cc1nccnc1S(O)(O)NC(=O)Nc1c2c(cc3c1CCC3)CCC2. The van der Waals surface area contributed by atoms with E-state index in [4.69, 9.17) is 5.26 Å². The number of aryl methyl sites for hydroxylation is 2. The maximum atomic E-state index is 12.5. The van der Waals surface area contributed by atoms with Crippen molar-refractivity contribution in [3.05, 3.63) is 46.4 Å². The minimum atomic E-state index is -3.81. The lowest BCUT2D eigenvalue weighted by molar-refractivity contribution is 0.255. The zero-order valence-corrected chi connectivity index (χ0v) is 15.3. The van der Waals surface area contributed by atoms with E-state index in [1.54, 1.807) is 6.07 Å². The summed E-state index contributed by atoms with van der Waals surface area (Å²) in [5, 5.41) is 11.6. The van der Waals surface area contributed by atoms with Crippen LogP contribution in [0.1, 0.15) is 40.8 Å². The van der Waals surface area contributed by atoms with E-state index in [-0.39, 0.29) is 10.7 Å². The van der Waals surface area contributed by atoms with Crippen molar-refractivity contribution in [3.8, 4) is 6.07 Å². The molecule has 9 heteroatoms. The Morgan fingerprint density at radius 2 is 1.70 bits per heavy atom. The number of urea groups is 1. The Hall–Kier alpha value is -2.67. The van der Waals surface area contributed by atoms with Crippen LogP contribution >= 0.6 is 10.8 Å². The smallest absolute Gasteiger partial charge is 0.306 e. The summed E-state index contributed by atoms with van der Waals surface area (Å²) in [6.45, 7) is 0. The number of aromatic nitrogens is 2. The second-order valence-corrected chi connectivity index (χ2v) is 8.35. The summed E-state index contributed by atoms with van der Waals surface area (Å²) in [5.74, 6) is 0. The number of carbonyl (C=O) groups is 1. The molecule has 2 aromatic rings. The second-order valence-electron chi connectivity index (χ2n) is 6.66. The van der Waals surface area contributed by atoms with Crippen molar-refractivity contribution in [2.75, 3.05) is 5.32 Å². The topological polar surface area (TPSA) is 131 Å². The number of nitrogens with zero attached hydrogens (tertiary/aromatic N) is 3. The van der Waals surface area contributed by atoms with Crippen molar-refractivity contribution in [1.82, 2.24) is 14.7 Å². The molecule has 0 saturated heterocycles. The summed E-state index contributed by atoms with van der Waals surface area (Å²) in [6.07, 6.45) is 8.41. The van der Waals surface area contributed by atoms with Gasteiger partial charge in [-0.15, -0.1) is 0 Å². The van der Waals surface area contributed by atoms with E-state index < -0.39 is 16.8 Å². The van der Waals surface area contributed by atoms with Gasteiger partial charge in [-0.1, -0.05) is 16.8 Å². The van der Waals surface area contributed by atoms with Crippen molar-refractivity contribution < 1.29 is 13.9 Å². The van der Waals surface area contributed by atoms with Crippen molar-refractivity contribution in [2.24, 2.45) is 0 Å². The highest BCUT2D eigenvalue weighted by atomic mass is 32.3. The summed E-state index contributed by atoms with van der Waals surface area (Å²) >= 11 is 0. The average Bonchev–Trinajstić information content (AvgIpc) is 3.30. The first-order valence-electron chi connectivity index (χ1n) is 8.74. The molecule has 0 aliphatic heterocycles. The van der Waals surface area contributed by atoms with Gasteiger partial charge in [-0.3, -0.25) is 9.11 Å². The Morgan fingerprint density at radius 3 is 2.33 bits per heavy atom.